The molecule has 0 aliphatic carbocycles. The summed E-state index contributed by atoms with van der Waals surface area (Å²) >= 11 is 3.48. The highest BCUT2D eigenvalue weighted by molar-refractivity contribution is 9.10. The van der Waals surface area contributed by atoms with Crippen molar-refractivity contribution in [1.29, 1.82) is 0 Å². The van der Waals surface area contributed by atoms with Crippen LogP contribution < -0.4 is 0 Å². The van der Waals surface area contributed by atoms with Crippen LogP contribution in [-0.2, 0) is 24.9 Å². The Hall–Kier alpha value is -1.73. The van der Waals surface area contributed by atoms with Crippen molar-refractivity contribution in [1.82, 2.24) is 19.9 Å². The molecular weight excluding hydrogens is 324 g/mol. The van der Waals surface area contributed by atoms with E-state index in [-0.39, 0.29) is 6.54 Å². The Bertz CT molecular complexity index is 600. The number of hydrogen-bond acceptors (Lipinski definition) is 4. The van der Waals surface area contributed by atoms with Gasteiger partial charge in [-0.15, -0.1) is 5.10 Å². The van der Waals surface area contributed by atoms with E-state index in [9.17, 15) is 4.79 Å². The van der Waals surface area contributed by atoms with Crippen LogP contribution in [0, 0.1) is 0 Å². The van der Waals surface area contributed by atoms with Crippen LogP contribution in [0.2, 0.25) is 0 Å². The fourth-order valence-electron chi connectivity index (χ4n) is 1.91. The van der Waals surface area contributed by atoms with Crippen LogP contribution in [0.4, 0.5) is 0 Å². The number of carboxylic acid groups (broad SMARTS) is 1. The Labute approximate surface area is 125 Å². The Morgan fingerprint density at radius 3 is 2.75 bits per heavy atom. The van der Waals surface area contributed by atoms with Gasteiger partial charge in [0.05, 0.1) is 18.4 Å². The van der Waals surface area contributed by atoms with E-state index in [1.807, 2.05) is 29.2 Å². The van der Waals surface area contributed by atoms with Gasteiger partial charge in [0.2, 0.25) is 0 Å². The summed E-state index contributed by atoms with van der Waals surface area (Å²) in [7, 11) is 1.79. The molecule has 7 heteroatoms. The molecule has 6 nitrogen and oxygen atoms in total. The lowest BCUT2D eigenvalue weighted by molar-refractivity contribution is -0.138. The number of nitrogens with zero attached hydrogens (tertiary/aromatic N) is 4. The number of aryl methyl sites for hydroxylation is 1. The molecule has 0 radical (unpaired) electrons. The largest absolute Gasteiger partial charge is 0.480 e. The molecule has 0 aliphatic heterocycles. The molecule has 0 amide bonds. The van der Waals surface area contributed by atoms with Crippen molar-refractivity contribution in [3.63, 3.8) is 0 Å². The zero-order chi connectivity index (χ0) is 14.5. The van der Waals surface area contributed by atoms with Crippen molar-refractivity contribution >= 4 is 21.9 Å². The summed E-state index contributed by atoms with van der Waals surface area (Å²) in [5.41, 5.74) is 1.92. The summed E-state index contributed by atoms with van der Waals surface area (Å²) < 4.78 is 2.62. The summed E-state index contributed by atoms with van der Waals surface area (Å²) in [5.74, 6) is -0.854. The van der Waals surface area contributed by atoms with Gasteiger partial charge in [0, 0.05) is 24.6 Å². The second-order valence-electron chi connectivity index (χ2n) is 4.48. The summed E-state index contributed by atoms with van der Waals surface area (Å²) in [6.07, 6.45) is 1.65. The third kappa shape index (κ3) is 3.88. The van der Waals surface area contributed by atoms with E-state index in [0.717, 1.165) is 15.7 Å². The normalized spacial score (nSPS) is 10.9. The average molecular weight is 339 g/mol. The Kier molecular flexibility index (Phi) is 4.86. The third-order valence-electron chi connectivity index (χ3n) is 2.90. The predicted octanol–water partition coefficient (Wildman–Crippen LogP) is 1.66. The van der Waals surface area contributed by atoms with Gasteiger partial charge >= 0.3 is 5.97 Å². The molecule has 1 aromatic carbocycles. The number of carbonyl (C=O) groups is 1. The van der Waals surface area contributed by atoms with Gasteiger partial charge in [-0.1, -0.05) is 39.3 Å². The maximum absolute atomic E-state index is 11.0. The van der Waals surface area contributed by atoms with Crippen LogP contribution in [0.3, 0.4) is 0 Å². The molecule has 2 rings (SSSR count). The van der Waals surface area contributed by atoms with Crippen LogP contribution in [0.15, 0.2) is 34.9 Å². The number of carboxylic acids is 1. The van der Waals surface area contributed by atoms with E-state index in [4.69, 9.17) is 5.11 Å². The first-order valence-electron chi connectivity index (χ1n) is 6.07. The molecule has 2 aromatic rings. The number of hydrogen-bond donors (Lipinski definition) is 1. The van der Waals surface area contributed by atoms with Crippen molar-refractivity contribution in [3.05, 3.63) is 46.2 Å². The average Bonchev–Trinajstić information content (AvgIpc) is 2.77. The Morgan fingerprint density at radius 1 is 1.40 bits per heavy atom. The lowest BCUT2D eigenvalue weighted by atomic mass is 10.2. The van der Waals surface area contributed by atoms with Gasteiger partial charge in [0.25, 0.3) is 0 Å². The summed E-state index contributed by atoms with van der Waals surface area (Å²) in [6.45, 7) is 0.989. The second kappa shape index (κ2) is 6.62. The molecule has 0 saturated carbocycles. The van der Waals surface area contributed by atoms with E-state index in [1.165, 1.54) is 0 Å². The van der Waals surface area contributed by atoms with Crippen LogP contribution >= 0.6 is 15.9 Å². The number of aromatic nitrogens is 3. The molecular formula is C13H15BrN4O2. The van der Waals surface area contributed by atoms with Crippen molar-refractivity contribution in [2.45, 2.75) is 13.1 Å². The van der Waals surface area contributed by atoms with Crippen molar-refractivity contribution in [3.8, 4) is 0 Å². The standard InChI is InChI=1S/C13H15BrN4O2/c1-17-11(6-15-16-17)8-18(9-13(19)20)7-10-4-2-3-5-12(10)14/h2-6H,7-9H2,1H3,(H,19,20). The van der Waals surface area contributed by atoms with Crippen LogP contribution in [0.1, 0.15) is 11.3 Å². The van der Waals surface area contributed by atoms with Gasteiger partial charge in [0.1, 0.15) is 0 Å². The van der Waals surface area contributed by atoms with E-state index >= 15 is 0 Å². The topological polar surface area (TPSA) is 71.2 Å². The molecule has 0 unspecified atom stereocenters. The molecule has 20 heavy (non-hydrogen) atoms. The first-order valence-corrected chi connectivity index (χ1v) is 6.86. The van der Waals surface area contributed by atoms with Crippen molar-refractivity contribution < 1.29 is 9.90 Å². The van der Waals surface area contributed by atoms with Gasteiger partial charge < -0.3 is 5.11 Å². The van der Waals surface area contributed by atoms with Gasteiger partial charge in [-0.25, -0.2) is 0 Å². The molecule has 0 fully saturated rings. The maximum atomic E-state index is 11.0. The Morgan fingerprint density at radius 2 is 2.15 bits per heavy atom. The first kappa shape index (κ1) is 14.7. The molecule has 1 N–H and O–H groups in total. The number of rotatable bonds is 6. The van der Waals surface area contributed by atoms with Crippen LogP contribution in [0.25, 0.3) is 0 Å². The minimum absolute atomic E-state index is 0.0352. The van der Waals surface area contributed by atoms with Gasteiger partial charge in [-0.2, -0.15) is 0 Å². The molecule has 106 valence electrons. The van der Waals surface area contributed by atoms with Gasteiger partial charge in [-0.3, -0.25) is 14.4 Å². The van der Waals surface area contributed by atoms with E-state index < -0.39 is 5.97 Å². The maximum Gasteiger partial charge on any atom is 0.317 e. The van der Waals surface area contributed by atoms with Gasteiger partial charge in [-0.05, 0) is 11.6 Å². The molecule has 1 aromatic heterocycles. The fourth-order valence-corrected chi connectivity index (χ4v) is 2.32. The Balaban J connectivity index is 2.14. The fraction of sp³-hybridized carbons (Fsp3) is 0.308. The van der Waals surface area contributed by atoms with Crippen molar-refractivity contribution in [2.24, 2.45) is 7.05 Å². The monoisotopic (exact) mass is 338 g/mol. The highest BCUT2D eigenvalue weighted by Crippen LogP contribution is 2.18. The molecule has 0 aliphatic rings. The third-order valence-corrected chi connectivity index (χ3v) is 3.68. The minimum atomic E-state index is -0.854. The summed E-state index contributed by atoms with van der Waals surface area (Å²) in [6, 6.07) is 7.78. The molecule has 0 bridgehead atoms. The molecule has 0 spiro atoms. The second-order valence-corrected chi connectivity index (χ2v) is 5.33. The molecule has 1 heterocycles. The summed E-state index contributed by atoms with van der Waals surface area (Å²) in [4.78, 5) is 12.8. The highest BCUT2D eigenvalue weighted by Gasteiger charge is 2.14. The SMILES string of the molecule is Cn1nncc1CN(CC(=O)O)Cc1ccccc1Br. The summed E-state index contributed by atoms with van der Waals surface area (Å²) in [5, 5.41) is 16.7. The lowest BCUT2D eigenvalue weighted by Gasteiger charge is -2.20. The number of aliphatic carboxylic acids is 1. The molecule has 0 saturated heterocycles. The molecule has 0 atom stereocenters. The van der Waals surface area contributed by atoms with E-state index in [1.54, 1.807) is 17.9 Å². The van der Waals surface area contributed by atoms with Crippen molar-refractivity contribution in [2.75, 3.05) is 6.54 Å². The lowest BCUT2D eigenvalue weighted by Crippen LogP contribution is -2.29. The van der Waals surface area contributed by atoms with Crippen LogP contribution in [0.5, 0.6) is 0 Å². The quantitative estimate of drug-likeness (QED) is 0.867. The van der Waals surface area contributed by atoms with Gasteiger partial charge in [0.15, 0.2) is 0 Å². The smallest absolute Gasteiger partial charge is 0.317 e. The predicted molar refractivity (Wildman–Crippen MR) is 76.9 cm³/mol. The van der Waals surface area contributed by atoms with Crippen LogP contribution in [-0.4, -0.2) is 37.5 Å². The minimum Gasteiger partial charge on any atom is -0.480 e. The van der Waals surface area contributed by atoms with E-state index in [2.05, 4.69) is 26.2 Å². The number of halogens is 1. The zero-order valence-electron chi connectivity index (χ0n) is 11.0. The number of benzene rings is 1. The van der Waals surface area contributed by atoms with E-state index in [0.29, 0.717) is 13.1 Å². The zero-order valence-corrected chi connectivity index (χ0v) is 12.6. The first-order chi connectivity index (χ1) is 9.56. The highest BCUT2D eigenvalue weighted by atomic mass is 79.9.